The van der Waals surface area contributed by atoms with Gasteiger partial charge < -0.3 is 0 Å². The van der Waals surface area contributed by atoms with Crippen LogP contribution in [-0.4, -0.2) is 4.98 Å². The predicted molar refractivity (Wildman–Crippen MR) is 45.8 cm³/mol. The quantitative estimate of drug-likeness (QED) is 0.598. The van der Waals surface area contributed by atoms with Crippen LogP contribution in [0.3, 0.4) is 0 Å². The van der Waals surface area contributed by atoms with Crippen molar-refractivity contribution in [2.75, 3.05) is 0 Å². The van der Waals surface area contributed by atoms with Crippen LogP contribution in [0.25, 0.3) is 0 Å². The number of rotatable bonds is 0. The highest BCUT2D eigenvalue weighted by Crippen LogP contribution is 2.25. The first-order chi connectivity index (χ1) is 5.57. The van der Waals surface area contributed by atoms with E-state index in [0.717, 1.165) is 0 Å². The molecule has 0 spiro atoms. The van der Waals surface area contributed by atoms with E-state index in [9.17, 15) is 0 Å². The minimum absolute atomic E-state index is 0.0261. The van der Waals surface area contributed by atoms with Crippen LogP contribution in [0.1, 0.15) is 16.8 Å². The van der Waals surface area contributed by atoms with Crippen LogP contribution in [0.4, 0.5) is 0 Å². The van der Waals surface area contributed by atoms with Gasteiger partial charge in [0.15, 0.2) is 0 Å². The third-order valence-corrected chi connectivity index (χ3v) is 1.94. The lowest BCUT2D eigenvalue weighted by Gasteiger charge is -2.03. The second kappa shape index (κ2) is 3.30. The van der Waals surface area contributed by atoms with Gasteiger partial charge in [-0.3, -0.25) is 0 Å². The largest absolute Gasteiger partial charge is 0.238 e. The Morgan fingerprint density at radius 2 is 1.92 bits per heavy atom. The number of nitrogens with zero attached hydrogens (tertiary/aromatic N) is 2. The van der Waals surface area contributed by atoms with Crippen LogP contribution in [0.15, 0.2) is 0 Å². The summed E-state index contributed by atoms with van der Waals surface area (Å²) in [6.45, 7) is 10.8. The number of aromatic nitrogens is 1. The Bertz CT molecular complexity index is 366. The van der Waals surface area contributed by atoms with Gasteiger partial charge in [0.1, 0.15) is 11.2 Å². The van der Waals surface area contributed by atoms with Crippen LogP contribution in [0.5, 0.6) is 0 Å². The van der Waals surface area contributed by atoms with Crippen LogP contribution in [-0.2, 0) is 0 Å². The number of pyridine rings is 1. The number of halogens is 2. The summed E-state index contributed by atoms with van der Waals surface area (Å²) < 4.78 is 0. The Morgan fingerprint density at radius 1 is 1.33 bits per heavy atom. The average molecular weight is 197 g/mol. The van der Waals surface area contributed by atoms with Gasteiger partial charge in [0, 0.05) is 13.8 Å². The van der Waals surface area contributed by atoms with Crippen molar-refractivity contribution >= 4 is 23.2 Å². The van der Waals surface area contributed by atoms with Crippen molar-refractivity contribution in [3.63, 3.8) is 0 Å². The fraction of sp³-hybridized carbons (Fsp3) is 0. The van der Waals surface area contributed by atoms with E-state index in [1.165, 1.54) is 0 Å². The van der Waals surface area contributed by atoms with E-state index in [2.05, 4.69) is 4.98 Å². The zero-order chi connectivity index (χ0) is 9.30. The Labute approximate surface area is 80.7 Å². The highest BCUT2D eigenvalue weighted by atomic mass is 35.5. The molecule has 1 heterocycles. The van der Waals surface area contributed by atoms with Gasteiger partial charge in [-0.05, 0) is 5.56 Å². The molecule has 0 bridgehead atoms. The maximum atomic E-state index is 8.56. The van der Waals surface area contributed by atoms with Crippen molar-refractivity contribution < 1.29 is 0 Å². The molecular formula is C8H2Cl2N2. The highest BCUT2D eigenvalue weighted by Gasteiger charge is 2.11. The van der Waals surface area contributed by atoms with Gasteiger partial charge >= 0.3 is 0 Å². The van der Waals surface area contributed by atoms with Gasteiger partial charge in [0.25, 0.3) is 0 Å². The topological polar surface area (TPSA) is 36.7 Å². The van der Waals surface area contributed by atoms with Gasteiger partial charge in [-0.15, -0.1) is 0 Å². The Kier molecular flexibility index (Phi) is 2.56. The molecule has 0 amide bonds. The molecule has 0 unspecified atom stereocenters. The average Bonchev–Trinajstić information content (AvgIpc) is 2.01. The second-order valence-electron chi connectivity index (χ2n) is 2.00. The van der Waals surface area contributed by atoms with Gasteiger partial charge in [0.2, 0.25) is 0 Å². The summed E-state index contributed by atoms with van der Waals surface area (Å²) >= 11 is 11.2. The van der Waals surface area contributed by atoms with E-state index < -0.39 is 0 Å². The lowest BCUT2D eigenvalue weighted by molar-refractivity contribution is 1.23. The second-order valence-corrected chi connectivity index (χ2v) is 2.74. The lowest BCUT2D eigenvalue weighted by Crippen LogP contribution is -1.93. The molecule has 0 N–H and O–H groups in total. The molecule has 1 aromatic heterocycles. The maximum absolute atomic E-state index is 8.56. The molecule has 0 aliphatic carbocycles. The van der Waals surface area contributed by atoms with Gasteiger partial charge in [-0.1, -0.05) is 23.2 Å². The van der Waals surface area contributed by atoms with Crippen molar-refractivity contribution in [1.82, 2.24) is 4.98 Å². The summed E-state index contributed by atoms with van der Waals surface area (Å²) in [6, 6.07) is 1.77. The normalized spacial score (nSPS) is 9.58. The van der Waals surface area contributed by atoms with Crippen molar-refractivity contribution in [1.29, 1.82) is 5.26 Å². The van der Waals surface area contributed by atoms with Crippen LogP contribution < -0.4 is 0 Å². The van der Waals surface area contributed by atoms with Gasteiger partial charge in [-0.2, -0.15) is 5.26 Å². The maximum Gasteiger partial charge on any atom is 0.147 e. The fourth-order valence-electron chi connectivity index (χ4n) is 0.676. The highest BCUT2D eigenvalue weighted by molar-refractivity contribution is 6.34. The number of hydrogen-bond acceptors (Lipinski definition) is 2. The molecule has 0 saturated heterocycles. The Hall–Kier alpha value is -0.780. The fourth-order valence-corrected chi connectivity index (χ4v) is 1.05. The van der Waals surface area contributed by atoms with Gasteiger partial charge in [0.05, 0.1) is 16.3 Å². The van der Waals surface area contributed by atoms with Gasteiger partial charge in [-0.25, -0.2) is 4.98 Å². The van der Waals surface area contributed by atoms with Crippen molar-refractivity contribution in [3.8, 4) is 6.07 Å². The monoisotopic (exact) mass is 196 g/mol. The number of nitriles is 1. The van der Waals surface area contributed by atoms with E-state index in [0.29, 0.717) is 0 Å². The van der Waals surface area contributed by atoms with Crippen LogP contribution >= 0.6 is 23.2 Å². The summed E-state index contributed by atoms with van der Waals surface area (Å²) in [5.74, 6) is 0. The molecule has 0 fully saturated rings. The molecule has 1 rings (SSSR count). The molecule has 0 aromatic carbocycles. The smallest absolute Gasteiger partial charge is 0.147 e. The van der Waals surface area contributed by atoms with E-state index >= 15 is 0 Å². The molecule has 4 heteroatoms. The molecule has 12 heavy (non-hydrogen) atoms. The lowest BCUT2D eigenvalue weighted by atomic mass is 10.1. The Balaban J connectivity index is 3.54. The molecule has 0 aliphatic heterocycles. The SMILES string of the molecule is [CH]c1nc(Cl)c(C#N)c([CH])c1Cl. The standard InChI is InChI=1S/C8H2Cl2N2/c1-4-6(3-11)8(10)12-5(2)7(4)9/h1-2H. The van der Waals surface area contributed by atoms with Crippen molar-refractivity contribution in [3.05, 3.63) is 40.8 Å². The van der Waals surface area contributed by atoms with E-state index in [4.69, 9.17) is 42.3 Å². The number of hydrogen-bond donors (Lipinski definition) is 0. The molecule has 0 aliphatic rings. The first-order valence-electron chi connectivity index (χ1n) is 2.88. The molecular weight excluding hydrogens is 195 g/mol. The molecule has 0 atom stereocenters. The van der Waals surface area contributed by atoms with Crippen molar-refractivity contribution in [2.45, 2.75) is 0 Å². The Morgan fingerprint density at radius 3 is 2.42 bits per heavy atom. The molecule has 58 valence electrons. The zero-order valence-corrected chi connectivity index (χ0v) is 7.32. The van der Waals surface area contributed by atoms with E-state index in [-0.39, 0.29) is 27.0 Å². The molecule has 2 nitrogen and oxygen atoms in total. The molecule has 0 saturated carbocycles. The first kappa shape index (κ1) is 9.31. The van der Waals surface area contributed by atoms with Crippen LogP contribution in [0, 0.1) is 25.2 Å². The molecule has 4 radical (unpaired) electrons. The zero-order valence-electron chi connectivity index (χ0n) is 5.81. The minimum Gasteiger partial charge on any atom is -0.238 e. The van der Waals surface area contributed by atoms with E-state index in [1.54, 1.807) is 6.07 Å². The van der Waals surface area contributed by atoms with E-state index in [1.807, 2.05) is 0 Å². The summed E-state index contributed by atoms with van der Waals surface area (Å²) in [5.41, 5.74) is 0.144. The third-order valence-electron chi connectivity index (χ3n) is 1.27. The summed E-state index contributed by atoms with van der Waals surface area (Å²) in [5, 5.41) is 8.60. The summed E-state index contributed by atoms with van der Waals surface area (Å²) in [7, 11) is 0. The van der Waals surface area contributed by atoms with Crippen LogP contribution in [0.2, 0.25) is 10.2 Å². The third kappa shape index (κ3) is 1.38. The predicted octanol–water partition coefficient (Wildman–Crippen LogP) is 2.38. The van der Waals surface area contributed by atoms with Crippen molar-refractivity contribution in [2.24, 2.45) is 0 Å². The molecule has 1 aromatic rings. The summed E-state index contributed by atoms with van der Waals surface area (Å²) in [6.07, 6.45) is 0. The minimum atomic E-state index is -0.0306. The summed E-state index contributed by atoms with van der Waals surface area (Å²) in [4.78, 5) is 3.61. The first-order valence-corrected chi connectivity index (χ1v) is 3.63.